The first kappa shape index (κ1) is 13.8. The molecule has 1 aromatic rings. The zero-order valence-corrected chi connectivity index (χ0v) is 11.8. The van der Waals surface area contributed by atoms with Gasteiger partial charge in [0.2, 0.25) is 10.0 Å². The molecule has 0 unspecified atom stereocenters. The fourth-order valence-corrected chi connectivity index (χ4v) is 3.23. The monoisotopic (exact) mass is 288 g/mol. The highest BCUT2D eigenvalue weighted by Crippen LogP contribution is 2.22. The van der Waals surface area contributed by atoms with Crippen molar-refractivity contribution in [3.63, 3.8) is 0 Å². The largest absolute Gasteiger partial charge is 0.313 e. The fraction of sp³-hybridized carbons (Fsp3) is 0.500. The lowest BCUT2D eigenvalue weighted by Crippen LogP contribution is -2.33. The van der Waals surface area contributed by atoms with E-state index in [0.717, 1.165) is 0 Å². The predicted octanol–water partition coefficient (Wildman–Crippen LogP) is 1.68. The Kier molecular flexibility index (Phi) is 4.27. The van der Waals surface area contributed by atoms with Gasteiger partial charge in [0.25, 0.3) is 0 Å². The van der Waals surface area contributed by atoms with E-state index in [1.54, 1.807) is 25.1 Å². The summed E-state index contributed by atoms with van der Waals surface area (Å²) in [6.07, 6.45) is 2.39. The van der Waals surface area contributed by atoms with E-state index in [1.165, 1.54) is 12.8 Å². The molecule has 1 aliphatic carbocycles. The van der Waals surface area contributed by atoms with Crippen LogP contribution in [-0.2, 0) is 10.0 Å². The van der Waals surface area contributed by atoms with Crippen molar-refractivity contribution in [1.29, 1.82) is 0 Å². The maximum Gasteiger partial charge on any atom is 0.240 e. The number of hydrogen-bond donors (Lipinski definition) is 2. The first-order valence-electron chi connectivity index (χ1n) is 5.99. The van der Waals surface area contributed by atoms with Crippen LogP contribution in [0.1, 0.15) is 18.4 Å². The van der Waals surface area contributed by atoms with Gasteiger partial charge in [-0.2, -0.15) is 0 Å². The molecule has 6 heteroatoms. The molecular formula is C12H17ClN2O2S. The zero-order chi connectivity index (χ0) is 13.2. The van der Waals surface area contributed by atoms with Gasteiger partial charge >= 0.3 is 0 Å². The maximum absolute atomic E-state index is 12.1. The Balaban J connectivity index is 1.98. The third-order valence-electron chi connectivity index (χ3n) is 2.93. The third kappa shape index (κ3) is 3.45. The molecule has 0 amide bonds. The molecule has 1 fully saturated rings. The lowest BCUT2D eigenvalue weighted by atomic mass is 10.2. The summed E-state index contributed by atoms with van der Waals surface area (Å²) in [6.45, 7) is 2.76. The Bertz CT molecular complexity index is 527. The first-order chi connectivity index (χ1) is 8.50. The van der Waals surface area contributed by atoms with Gasteiger partial charge in [-0.1, -0.05) is 17.7 Å². The summed E-state index contributed by atoms with van der Waals surface area (Å²) in [7, 11) is -3.47. The summed E-state index contributed by atoms with van der Waals surface area (Å²) in [5.41, 5.74) is 0.585. The fourth-order valence-electron chi connectivity index (χ4n) is 1.71. The number of nitrogens with one attached hydrogen (secondary N) is 2. The number of hydrogen-bond acceptors (Lipinski definition) is 3. The Morgan fingerprint density at radius 3 is 2.72 bits per heavy atom. The van der Waals surface area contributed by atoms with Crippen LogP contribution in [-0.4, -0.2) is 27.5 Å². The van der Waals surface area contributed by atoms with E-state index in [0.29, 0.717) is 29.7 Å². The van der Waals surface area contributed by atoms with Crippen molar-refractivity contribution in [2.24, 2.45) is 0 Å². The topological polar surface area (TPSA) is 58.2 Å². The summed E-state index contributed by atoms with van der Waals surface area (Å²) in [6, 6.07) is 5.48. The predicted molar refractivity (Wildman–Crippen MR) is 72.4 cm³/mol. The second-order valence-electron chi connectivity index (χ2n) is 4.49. The zero-order valence-electron chi connectivity index (χ0n) is 10.2. The molecule has 18 heavy (non-hydrogen) atoms. The molecular weight excluding hydrogens is 272 g/mol. The summed E-state index contributed by atoms with van der Waals surface area (Å²) >= 11 is 5.93. The highest BCUT2D eigenvalue weighted by Gasteiger charge is 2.21. The SMILES string of the molecule is Cc1c(Cl)cccc1S(=O)(=O)NCCNC1CC1. The van der Waals surface area contributed by atoms with Crippen molar-refractivity contribution in [3.8, 4) is 0 Å². The number of sulfonamides is 1. The maximum atomic E-state index is 12.1. The van der Waals surface area contributed by atoms with Crippen LogP contribution in [0.15, 0.2) is 23.1 Å². The molecule has 2 N–H and O–H groups in total. The van der Waals surface area contributed by atoms with Gasteiger partial charge in [-0.05, 0) is 37.5 Å². The number of rotatable bonds is 6. The van der Waals surface area contributed by atoms with Gasteiger partial charge < -0.3 is 5.32 Å². The van der Waals surface area contributed by atoms with Crippen molar-refractivity contribution >= 4 is 21.6 Å². The van der Waals surface area contributed by atoms with E-state index in [-0.39, 0.29) is 4.90 Å². The Morgan fingerprint density at radius 2 is 2.06 bits per heavy atom. The highest BCUT2D eigenvalue weighted by atomic mass is 35.5. The molecule has 0 aliphatic heterocycles. The second-order valence-corrected chi connectivity index (χ2v) is 6.63. The molecule has 1 aromatic carbocycles. The van der Waals surface area contributed by atoms with Crippen molar-refractivity contribution in [2.75, 3.05) is 13.1 Å². The van der Waals surface area contributed by atoms with E-state index in [9.17, 15) is 8.42 Å². The van der Waals surface area contributed by atoms with Gasteiger partial charge in [0, 0.05) is 24.2 Å². The van der Waals surface area contributed by atoms with E-state index in [2.05, 4.69) is 10.0 Å². The van der Waals surface area contributed by atoms with Crippen molar-refractivity contribution in [3.05, 3.63) is 28.8 Å². The molecule has 1 saturated carbocycles. The average Bonchev–Trinajstić information content (AvgIpc) is 3.12. The summed E-state index contributed by atoms with van der Waals surface area (Å²) in [5.74, 6) is 0. The van der Waals surface area contributed by atoms with Crippen molar-refractivity contribution in [2.45, 2.75) is 30.7 Å². The lowest BCUT2D eigenvalue weighted by Gasteiger charge is -2.10. The highest BCUT2D eigenvalue weighted by molar-refractivity contribution is 7.89. The van der Waals surface area contributed by atoms with Crippen LogP contribution in [0.4, 0.5) is 0 Å². The van der Waals surface area contributed by atoms with Gasteiger partial charge in [-0.3, -0.25) is 0 Å². The average molecular weight is 289 g/mol. The van der Waals surface area contributed by atoms with Crippen LogP contribution in [0.25, 0.3) is 0 Å². The minimum Gasteiger partial charge on any atom is -0.313 e. The summed E-state index contributed by atoms with van der Waals surface area (Å²) in [5, 5.41) is 3.72. The van der Waals surface area contributed by atoms with Gasteiger partial charge in [0.05, 0.1) is 4.90 Å². The number of benzene rings is 1. The molecule has 0 aromatic heterocycles. The molecule has 2 rings (SSSR count). The van der Waals surface area contributed by atoms with Crippen molar-refractivity contribution < 1.29 is 8.42 Å². The van der Waals surface area contributed by atoms with Gasteiger partial charge in [0.1, 0.15) is 0 Å². The third-order valence-corrected chi connectivity index (χ3v) is 4.95. The van der Waals surface area contributed by atoms with Gasteiger partial charge in [0.15, 0.2) is 0 Å². The van der Waals surface area contributed by atoms with Crippen molar-refractivity contribution in [1.82, 2.24) is 10.0 Å². The molecule has 0 spiro atoms. The van der Waals surface area contributed by atoms with E-state index >= 15 is 0 Å². The number of halogens is 1. The first-order valence-corrected chi connectivity index (χ1v) is 7.85. The Morgan fingerprint density at radius 1 is 1.33 bits per heavy atom. The summed E-state index contributed by atoms with van der Waals surface area (Å²) < 4.78 is 26.7. The molecule has 0 atom stereocenters. The van der Waals surface area contributed by atoms with Crippen LogP contribution in [0.2, 0.25) is 5.02 Å². The smallest absolute Gasteiger partial charge is 0.240 e. The molecule has 0 bridgehead atoms. The quantitative estimate of drug-likeness (QED) is 0.783. The molecule has 1 aliphatic rings. The molecule has 4 nitrogen and oxygen atoms in total. The molecule has 0 radical (unpaired) electrons. The minimum absolute atomic E-state index is 0.251. The van der Waals surface area contributed by atoms with E-state index < -0.39 is 10.0 Å². The normalized spacial score (nSPS) is 15.9. The van der Waals surface area contributed by atoms with Gasteiger partial charge in [-0.15, -0.1) is 0 Å². The van der Waals surface area contributed by atoms with Crippen LogP contribution < -0.4 is 10.0 Å². The lowest BCUT2D eigenvalue weighted by molar-refractivity contribution is 0.575. The Labute approximate surface area is 113 Å². The van der Waals surface area contributed by atoms with E-state index in [1.807, 2.05) is 0 Å². The Hall–Kier alpha value is -0.620. The van der Waals surface area contributed by atoms with Crippen LogP contribution >= 0.6 is 11.6 Å². The van der Waals surface area contributed by atoms with Crippen LogP contribution in [0.5, 0.6) is 0 Å². The molecule has 0 saturated heterocycles. The second kappa shape index (κ2) is 5.57. The van der Waals surface area contributed by atoms with E-state index in [4.69, 9.17) is 11.6 Å². The molecule has 100 valence electrons. The summed E-state index contributed by atoms with van der Waals surface area (Å²) in [4.78, 5) is 0.251. The minimum atomic E-state index is -3.47. The van der Waals surface area contributed by atoms with Crippen LogP contribution in [0.3, 0.4) is 0 Å². The standard InChI is InChI=1S/C12H17ClN2O2S/c1-9-11(13)3-2-4-12(9)18(16,17)15-8-7-14-10-5-6-10/h2-4,10,14-15H,5-8H2,1H3. The molecule has 0 heterocycles. The van der Waals surface area contributed by atoms with Crippen LogP contribution in [0, 0.1) is 6.92 Å². The van der Waals surface area contributed by atoms with Gasteiger partial charge in [-0.25, -0.2) is 13.1 Å².